The lowest BCUT2D eigenvalue weighted by Crippen LogP contribution is -2.40. The maximum absolute atomic E-state index is 12.2. The van der Waals surface area contributed by atoms with E-state index in [1.165, 1.54) is 25.7 Å². The Morgan fingerprint density at radius 1 is 1.17 bits per heavy atom. The number of aliphatic hydroxyl groups excluding tert-OH is 1. The first kappa shape index (κ1) is 18.5. The van der Waals surface area contributed by atoms with Crippen LogP contribution >= 0.6 is 0 Å². The fourth-order valence-electron chi connectivity index (χ4n) is 3.61. The fraction of sp³-hybridized carbons (Fsp3) is 0.944. The summed E-state index contributed by atoms with van der Waals surface area (Å²) in [7, 11) is 0. The van der Waals surface area contributed by atoms with Crippen LogP contribution < -0.4 is 5.32 Å². The topological polar surface area (TPSA) is 61.8 Å². The molecule has 5 nitrogen and oxygen atoms in total. The van der Waals surface area contributed by atoms with Crippen molar-refractivity contribution in [1.29, 1.82) is 0 Å². The molecule has 23 heavy (non-hydrogen) atoms. The second-order valence-corrected chi connectivity index (χ2v) is 8.12. The maximum atomic E-state index is 12.2. The molecule has 2 fully saturated rings. The van der Waals surface area contributed by atoms with Gasteiger partial charge in [-0.25, -0.2) is 4.79 Å². The first-order valence-electron chi connectivity index (χ1n) is 9.24. The Labute approximate surface area is 140 Å². The average molecular weight is 326 g/mol. The maximum Gasteiger partial charge on any atom is 0.410 e. The van der Waals surface area contributed by atoms with Crippen molar-refractivity contribution in [3.05, 3.63) is 0 Å². The third kappa shape index (κ3) is 6.30. The van der Waals surface area contributed by atoms with Gasteiger partial charge in [0.1, 0.15) is 5.60 Å². The molecule has 134 valence electrons. The van der Waals surface area contributed by atoms with Gasteiger partial charge >= 0.3 is 6.09 Å². The van der Waals surface area contributed by atoms with Gasteiger partial charge in [-0.2, -0.15) is 0 Å². The van der Waals surface area contributed by atoms with E-state index in [9.17, 15) is 9.90 Å². The molecule has 0 aromatic heterocycles. The van der Waals surface area contributed by atoms with Gasteiger partial charge in [0.05, 0.1) is 6.10 Å². The Hall–Kier alpha value is -0.810. The van der Waals surface area contributed by atoms with Gasteiger partial charge in [0.15, 0.2) is 0 Å². The van der Waals surface area contributed by atoms with Gasteiger partial charge in [0, 0.05) is 25.7 Å². The lowest BCUT2D eigenvalue weighted by Gasteiger charge is -2.26. The van der Waals surface area contributed by atoms with Crippen LogP contribution in [0, 0.1) is 5.92 Å². The number of nitrogens with zero attached hydrogens (tertiary/aromatic N) is 1. The van der Waals surface area contributed by atoms with Crippen molar-refractivity contribution in [1.82, 2.24) is 10.2 Å². The summed E-state index contributed by atoms with van der Waals surface area (Å²) in [6.07, 6.45) is 7.39. The van der Waals surface area contributed by atoms with Crippen molar-refractivity contribution in [2.45, 2.75) is 83.5 Å². The molecule has 0 bridgehead atoms. The van der Waals surface area contributed by atoms with Gasteiger partial charge in [-0.05, 0) is 58.8 Å². The monoisotopic (exact) mass is 326 g/mol. The van der Waals surface area contributed by atoms with Crippen molar-refractivity contribution >= 4 is 6.09 Å². The van der Waals surface area contributed by atoms with E-state index in [0.717, 1.165) is 32.4 Å². The second kappa shape index (κ2) is 8.34. The zero-order valence-corrected chi connectivity index (χ0v) is 15.0. The molecule has 1 saturated carbocycles. The third-order valence-corrected chi connectivity index (χ3v) is 4.94. The van der Waals surface area contributed by atoms with Crippen LogP contribution in [0.5, 0.6) is 0 Å². The normalized spacial score (nSPS) is 25.2. The van der Waals surface area contributed by atoms with E-state index in [0.29, 0.717) is 18.5 Å². The van der Waals surface area contributed by atoms with E-state index in [2.05, 4.69) is 5.32 Å². The molecule has 2 aliphatic rings. The molecule has 1 saturated heterocycles. The molecule has 1 aliphatic carbocycles. The summed E-state index contributed by atoms with van der Waals surface area (Å²) in [6.45, 7) is 7.87. The third-order valence-electron chi connectivity index (χ3n) is 4.94. The van der Waals surface area contributed by atoms with Crippen molar-refractivity contribution in [2.24, 2.45) is 5.92 Å². The molecule has 2 atom stereocenters. The Balaban J connectivity index is 1.71. The number of aliphatic hydroxyl groups is 1. The number of likely N-dealkylation sites (tertiary alicyclic amines) is 1. The van der Waals surface area contributed by atoms with E-state index in [1.807, 2.05) is 25.7 Å². The lowest BCUT2D eigenvalue weighted by molar-refractivity contribution is 0.0255. The molecule has 2 N–H and O–H groups in total. The molecular weight excluding hydrogens is 292 g/mol. The molecule has 2 rings (SSSR count). The van der Waals surface area contributed by atoms with Crippen LogP contribution in [0.4, 0.5) is 4.79 Å². The van der Waals surface area contributed by atoms with E-state index >= 15 is 0 Å². The minimum Gasteiger partial charge on any atom is -0.444 e. The summed E-state index contributed by atoms with van der Waals surface area (Å²) in [6, 6.07) is 0.387. The predicted molar refractivity (Wildman–Crippen MR) is 91.4 cm³/mol. The Bertz CT molecular complexity index is 375. The summed E-state index contributed by atoms with van der Waals surface area (Å²) in [4.78, 5) is 14.0. The van der Waals surface area contributed by atoms with Crippen molar-refractivity contribution < 1.29 is 14.6 Å². The summed E-state index contributed by atoms with van der Waals surface area (Å²) in [5.74, 6) is 0.478. The number of carbonyl (C=O) groups is 1. The van der Waals surface area contributed by atoms with Crippen LogP contribution in [0.1, 0.15) is 65.7 Å². The molecule has 1 aliphatic heterocycles. The van der Waals surface area contributed by atoms with Crippen molar-refractivity contribution in [3.8, 4) is 0 Å². The summed E-state index contributed by atoms with van der Waals surface area (Å²) in [5, 5.41) is 13.8. The second-order valence-electron chi connectivity index (χ2n) is 8.12. The number of nitrogens with one attached hydrogen (secondary N) is 1. The first-order valence-corrected chi connectivity index (χ1v) is 9.24. The van der Waals surface area contributed by atoms with Gasteiger partial charge in [0.2, 0.25) is 0 Å². The van der Waals surface area contributed by atoms with Crippen LogP contribution in [0.2, 0.25) is 0 Å². The fourth-order valence-corrected chi connectivity index (χ4v) is 3.61. The number of hydrogen-bond acceptors (Lipinski definition) is 4. The zero-order valence-electron chi connectivity index (χ0n) is 15.0. The molecule has 1 amide bonds. The highest BCUT2D eigenvalue weighted by molar-refractivity contribution is 5.68. The van der Waals surface area contributed by atoms with Gasteiger partial charge in [-0.15, -0.1) is 0 Å². The average Bonchev–Trinajstić information content (AvgIpc) is 2.89. The summed E-state index contributed by atoms with van der Waals surface area (Å²) >= 11 is 0. The predicted octanol–water partition coefficient (Wildman–Crippen LogP) is 2.92. The van der Waals surface area contributed by atoms with Crippen LogP contribution in [0.3, 0.4) is 0 Å². The molecule has 1 heterocycles. The number of amides is 1. The van der Waals surface area contributed by atoms with Gasteiger partial charge in [-0.1, -0.05) is 12.8 Å². The van der Waals surface area contributed by atoms with Crippen molar-refractivity contribution in [2.75, 3.05) is 19.6 Å². The number of hydrogen-bond donors (Lipinski definition) is 2. The highest BCUT2D eigenvalue weighted by atomic mass is 16.6. The van der Waals surface area contributed by atoms with Crippen LogP contribution in [-0.4, -0.2) is 53.5 Å². The Morgan fingerprint density at radius 3 is 2.52 bits per heavy atom. The molecule has 0 radical (unpaired) electrons. The minimum atomic E-state index is -0.438. The Morgan fingerprint density at radius 2 is 1.87 bits per heavy atom. The number of carbonyl (C=O) groups excluding carboxylic acids is 1. The van der Waals surface area contributed by atoms with Crippen LogP contribution in [0.25, 0.3) is 0 Å². The summed E-state index contributed by atoms with van der Waals surface area (Å²) in [5.41, 5.74) is -0.438. The standard InChI is InChI=1S/C18H34N2O3/c1-18(2,3)23-17(22)20-11-6-9-15(10-12-20)19-13-16(21)14-7-4-5-8-14/h14-16,19,21H,4-13H2,1-3H3/t15-,16-/m0/s1. The molecule has 0 unspecified atom stereocenters. The molecule has 0 aromatic carbocycles. The number of ether oxygens (including phenoxy) is 1. The van der Waals surface area contributed by atoms with Gasteiger partial charge in [-0.3, -0.25) is 0 Å². The molecule has 5 heteroatoms. The number of rotatable bonds is 4. The van der Waals surface area contributed by atoms with E-state index in [-0.39, 0.29) is 12.2 Å². The van der Waals surface area contributed by atoms with Crippen LogP contribution in [0.15, 0.2) is 0 Å². The van der Waals surface area contributed by atoms with E-state index in [1.54, 1.807) is 0 Å². The van der Waals surface area contributed by atoms with Gasteiger partial charge < -0.3 is 20.1 Å². The highest BCUT2D eigenvalue weighted by Crippen LogP contribution is 2.27. The quantitative estimate of drug-likeness (QED) is 0.834. The van der Waals surface area contributed by atoms with Crippen LogP contribution in [-0.2, 0) is 4.74 Å². The smallest absolute Gasteiger partial charge is 0.410 e. The minimum absolute atomic E-state index is 0.204. The molecule has 0 aromatic rings. The lowest BCUT2D eigenvalue weighted by atomic mass is 10.00. The van der Waals surface area contributed by atoms with Crippen molar-refractivity contribution in [3.63, 3.8) is 0 Å². The van der Waals surface area contributed by atoms with E-state index < -0.39 is 5.60 Å². The summed E-state index contributed by atoms with van der Waals surface area (Å²) < 4.78 is 5.46. The largest absolute Gasteiger partial charge is 0.444 e. The highest BCUT2D eigenvalue weighted by Gasteiger charge is 2.27. The Kier molecular flexibility index (Phi) is 6.72. The SMILES string of the molecule is CC(C)(C)OC(=O)N1CCC[C@H](NC[C@H](O)C2CCCC2)CC1. The first-order chi connectivity index (χ1) is 10.8. The molecular formula is C18H34N2O3. The van der Waals surface area contributed by atoms with Gasteiger partial charge in [0.25, 0.3) is 0 Å². The zero-order chi connectivity index (χ0) is 16.9. The van der Waals surface area contributed by atoms with E-state index in [4.69, 9.17) is 4.74 Å². The molecule has 0 spiro atoms.